The van der Waals surface area contributed by atoms with Crippen molar-refractivity contribution in [1.29, 1.82) is 0 Å². The first-order valence-electron chi connectivity index (χ1n) is 3.82. The maximum absolute atomic E-state index is 11.1. The first-order valence-corrected chi connectivity index (χ1v) is 3.82. The molecule has 1 aromatic rings. The van der Waals surface area contributed by atoms with Gasteiger partial charge < -0.3 is 5.11 Å². The van der Waals surface area contributed by atoms with Gasteiger partial charge in [-0.1, -0.05) is 6.07 Å². The molecule has 0 aromatic heterocycles. The van der Waals surface area contributed by atoms with E-state index in [1.165, 1.54) is 6.07 Å². The average molecular weight is 177 g/mol. The second kappa shape index (κ2) is 2.67. The Morgan fingerprint density at radius 1 is 1.15 bits per heavy atom. The Hall–Kier alpha value is -1.68. The van der Waals surface area contributed by atoms with Crippen LogP contribution in [0, 0.1) is 0 Å². The Balaban J connectivity index is 2.58. The molecule has 0 unspecified atom stereocenters. The lowest BCUT2D eigenvalue weighted by Gasteiger charge is -1.97. The number of nitrogens with one attached hydrogen (secondary N) is 1. The van der Waals surface area contributed by atoms with Gasteiger partial charge in [-0.2, -0.15) is 0 Å². The quantitative estimate of drug-likeness (QED) is 0.596. The van der Waals surface area contributed by atoms with Crippen molar-refractivity contribution in [1.82, 2.24) is 5.32 Å². The highest BCUT2D eigenvalue weighted by atomic mass is 16.3. The number of amides is 2. The summed E-state index contributed by atoms with van der Waals surface area (Å²) in [5, 5.41) is 11.0. The van der Waals surface area contributed by atoms with E-state index >= 15 is 0 Å². The van der Waals surface area contributed by atoms with Crippen LogP contribution in [0.3, 0.4) is 0 Å². The molecular weight excluding hydrogens is 170 g/mol. The Morgan fingerprint density at radius 2 is 1.85 bits per heavy atom. The molecule has 2 amide bonds. The van der Waals surface area contributed by atoms with Crippen LogP contribution >= 0.6 is 0 Å². The van der Waals surface area contributed by atoms with E-state index in [4.69, 9.17) is 5.11 Å². The Morgan fingerprint density at radius 3 is 2.54 bits per heavy atom. The summed E-state index contributed by atoms with van der Waals surface area (Å²) in [6, 6.07) is 4.69. The van der Waals surface area contributed by atoms with Crippen molar-refractivity contribution in [3.8, 4) is 0 Å². The van der Waals surface area contributed by atoms with Gasteiger partial charge in [0.25, 0.3) is 11.8 Å². The van der Waals surface area contributed by atoms with E-state index in [0.717, 1.165) is 0 Å². The van der Waals surface area contributed by atoms with E-state index in [1.807, 2.05) is 0 Å². The third-order valence-electron chi connectivity index (χ3n) is 1.98. The van der Waals surface area contributed by atoms with Gasteiger partial charge in [-0.05, 0) is 17.7 Å². The minimum atomic E-state index is -0.393. The predicted molar refractivity (Wildman–Crippen MR) is 44.2 cm³/mol. The van der Waals surface area contributed by atoms with Crippen LogP contribution in [0.4, 0.5) is 0 Å². The molecule has 0 spiro atoms. The minimum Gasteiger partial charge on any atom is -0.392 e. The van der Waals surface area contributed by atoms with E-state index in [1.54, 1.807) is 12.1 Å². The molecule has 1 aromatic carbocycles. The van der Waals surface area contributed by atoms with Gasteiger partial charge in [-0.3, -0.25) is 14.9 Å². The maximum Gasteiger partial charge on any atom is 0.258 e. The largest absolute Gasteiger partial charge is 0.392 e. The highest BCUT2D eigenvalue weighted by Crippen LogP contribution is 2.16. The summed E-state index contributed by atoms with van der Waals surface area (Å²) >= 11 is 0. The maximum atomic E-state index is 11.1. The molecule has 13 heavy (non-hydrogen) atoms. The molecule has 4 heteroatoms. The Labute approximate surface area is 74.2 Å². The van der Waals surface area contributed by atoms with Gasteiger partial charge in [0.05, 0.1) is 17.7 Å². The fourth-order valence-electron chi connectivity index (χ4n) is 1.31. The van der Waals surface area contributed by atoms with Crippen molar-refractivity contribution in [3.05, 3.63) is 34.9 Å². The topological polar surface area (TPSA) is 66.4 Å². The summed E-state index contributed by atoms with van der Waals surface area (Å²) in [6.07, 6.45) is 0. The van der Waals surface area contributed by atoms with Gasteiger partial charge in [0.1, 0.15) is 0 Å². The standard InChI is InChI=1S/C9H7NO3/c11-4-5-1-2-6-7(3-5)9(13)10-8(6)12/h1-3,11H,4H2,(H,10,12,13). The van der Waals surface area contributed by atoms with Crippen LogP contribution in [-0.4, -0.2) is 16.9 Å². The molecular formula is C9H7NO3. The van der Waals surface area contributed by atoms with E-state index in [-0.39, 0.29) is 12.5 Å². The fourth-order valence-corrected chi connectivity index (χ4v) is 1.31. The van der Waals surface area contributed by atoms with Crippen LogP contribution in [0.5, 0.6) is 0 Å². The number of benzene rings is 1. The van der Waals surface area contributed by atoms with Crippen molar-refractivity contribution in [3.63, 3.8) is 0 Å². The molecule has 0 fully saturated rings. The van der Waals surface area contributed by atoms with Gasteiger partial charge in [0.2, 0.25) is 0 Å². The molecule has 0 saturated heterocycles. The number of hydrogen-bond acceptors (Lipinski definition) is 3. The number of imide groups is 1. The third kappa shape index (κ3) is 1.11. The SMILES string of the molecule is O=C1NC(=O)c2cc(CO)ccc21. The van der Waals surface area contributed by atoms with E-state index in [0.29, 0.717) is 16.7 Å². The van der Waals surface area contributed by atoms with Crippen LogP contribution in [0.15, 0.2) is 18.2 Å². The van der Waals surface area contributed by atoms with Crippen LogP contribution in [0.2, 0.25) is 0 Å². The van der Waals surface area contributed by atoms with Crippen molar-refractivity contribution >= 4 is 11.8 Å². The van der Waals surface area contributed by atoms with Crippen molar-refractivity contribution in [2.24, 2.45) is 0 Å². The molecule has 0 bridgehead atoms. The van der Waals surface area contributed by atoms with Gasteiger partial charge >= 0.3 is 0 Å². The lowest BCUT2D eigenvalue weighted by molar-refractivity contribution is 0.0879. The molecule has 0 saturated carbocycles. The Bertz CT molecular complexity index is 398. The summed E-state index contributed by atoms with van der Waals surface area (Å²) in [7, 11) is 0. The van der Waals surface area contributed by atoms with Gasteiger partial charge in [-0.25, -0.2) is 0 Å². The highest BCUT2D eigenvalue weighted by Gasteiger charge is 2.26. The van der Waals surface area contributed by atoms with Crippen LogP contribution in [0.1, 0.15) is 26.3 Å². The normalized spacial score (nSPS) is 14.2. The number of carbonyl (C=O) groups is 2. The van der Waals surface area contributed by atoms with Gasteiger partial charge in [-0.15, -0.1) is 0 Å². The van der Waals surface area contributed by atoms with Crippen LogP contribution < -0.4 is 5.32 Å². The summed E-state index contributed by atoms with van der Waals surface area (Å²) in [4.78, 5) is 22.2. The molecule has 0 aliphatic carbocycles. The minimum absolute atomic E-state index is 0.130. The third-order valence-corrected chi connectivity index (χ3v) is 1.98. The molecule has 1 heterocycles. The summed E-state index contributed by atoms with van der Waals surface area (Å²) in [5.41, 5.74) is 1.35. The predicted octanol–water partition coefficient (Wildman–Crippen LogP) is 0.0625. The molecule has 0 radical (unpaired) electrons. The fraction of sp³-hybridized carbons (Fsp3) is 0.111. The number of fused-ring (bicyclic) bond motifs is 1. The molecule has 4 nitrogen and oxygen atoms in total. The average Bonchev–Trinajstić information content (AvgIpc) is 2.42. The van der Waals surface area contributed by atoms with Crippen LogP contribution in [0.25, 0.3) is 0 Å². The molecule has 0 atom stereocenters. The number of aliphatic hydroxyl groups is 1. The lowest BCUT2D eigenvalue weighted by atomic mass is 10.1. The highest BCUT2D eigenvalue weighted by molar-refractivity contribution is 6.21. The summed E-state index contributed by atoms with van der Waals surface area (Å²) in [6.45, 7) is -0.130. The summed E-state index contributed by atoms with van der Waals surface area (Å²) < 4.78 is 0. The van der Waals surface area contributed by atoms with Crippen molar-refractivity contribution in [2.75, 3.05) is 0 Å². The van der Waals surface area contributed by atoms with Gasteiger partial charge in [0, 0.05) is 0 Å². The van der Waals surface area contributed by atoms with Crippen molar-refractivity contribution < 1.29 is 14.7 Å². The lowest BCUT2D eigenvalue weighted by Crippen LogP contribution is -2.19. The first-order chi connectivity index (χ1) is 6.22. The zero-order valence-electron chi connectivity index (χ0n) is 6.70. The van der Waals surface area contributed by atoms with E-state index in [2.05, 4.69) is 5.32 Å². The Kier molecular flexibility index (Phi) is 1.63. The second-order valence-electron chi connectivity index (χ2n) is 2.82. The number of aliphatic hydroxyl groups excluding tert-OH is 1. The molecule has 2 rings (SSSR count). The van der Waals surface area contributed by atoms with E-state index in [9.17, 15) is 9.59 Å². The van der Waals surface area contributed by atoms with Crippen molar-refractivity contribution in [2.45, 2.75) is 6.61 Å². The monoisotopic (exact) mass is 177 g/mol. The zero-order valence-corrected chi connectivity index (χ0v) is 6.70. The van der Waals surface area contributed by atoms with Gasteiger partial charge in [0.15, 0.2) is 0 Å². The zero-order chi connectivity index (χ0) is 9.42. The molecule has 1 aliphatic rings. The first kappa shape index (κ1) is 7.94. The molecule has 66 valence electrons. The van der Waals surface area contributed by atoms with E-state index < -0.39 is 5.91 Å². The second-order valence-corrected chi connectivity index (χ2v) is 2.82. The number of hydrogen-bond donors (Lipinski definition) is 2. The number of carbonyl (C=O) groups excluding carboxylic acids is 2. The molecule has 1 aliphatic heterocycles. The number of rotatable bonds is 1. The smallest absolute Gasteiger partial charge is 0.258 e. The summed E-state index contributed by atoms with van der Waals surface area (Å²) in [5.74, 6) is -0.764. The van der Waals surface area contributed by atoms with Crippen LogP contribution in [-0.2, 0) is 6.61 Å². The molecule has 2 N–H and O–H groups in total.